The summed E-state index contributed by atoms with van der Waals surface area (Å²) in [4.78, 5) is 36.6. The molecule has 7 heteroatoms. The Bertz CT molecular complexity index is 859. The highest BCUT2D eigenvalue weighted by atomic mass is 35.5. The zero-order valence-electron chi connectivity index (χ0n) is 15.0. The number of hydrogen-bond donors (Lipinski definition) is 1. The number of amides is 1. The highest BCUT2D eigenvalue weighted by Crippen LogP contribution is 2.10. The number of benzene rings is 2. The molecule has 6 nitrogen and oxygen atoms in total. The predicted octanol–water partition coefficient (Wildman–Crippen LogP) is 3.57. The van der Waals surface area contributed by atoms with E-state index in [1.807, 2.05) is 6.92 Å². The number of hydrazone groups is 1. The molecule has 27 heavy (non-hydrogen) atoms. The Hall–Kier alpha value is -2.99. The predicted molar refractivity (Wildman–Crippen MR) is 103 cm³/mol. The van der Waals surface area contributed by atoms with Crippen molar-refractivity contribution in [2.75, 3.05) is 6.61 Å². The number of aryl methyl sites for hydroxylation is 1. The number of carbonyl (C=O) groups excluding carboxylic acids is 3. The molecule has 1 amide bonds. The van der Waals surface area contributed by atoms with E-state index in [-0.39, 0.29) is 24.5 Å². The fourth-order valence-corrected chi connectivity index (χ4v) is 2.28. The summed E-state index contributed by atoms with van der Waals surface area (Å²) in [6, 6.07) is 13.1. The van der Waals surface area contributed by atoms with Crippen molar-refractivity contribution < 1.29 is 19.1 Å². The van der Waals surface area contributed by atoms with E-state index in [1.54, 1.807) is 43.3 Å². The Kier molecular flexibility index (Phi) is 7.25. The van der Waals surface area contributed by atoms with Gasteiger partial charge in [-0.25, -0.2) is 10.2 Å². The molecule has 140 valence electrons. The van der Waals surface area contributed by atoms with Gasteiger partial charge in [0.25, 0.3) is 5.91 Å². The highest BCUT2D eigenvalue weighted by Gasteiger charge is 2.19. The molecule has 0 heterocycles. The largest absolute Gasteiger partial charge is 0.461 e. The lowest BCUT2D eigenvalue weighted by Gasteiger charge is -2.07. The van der Waals surface area contributed by atoms with Gasteiger partial charge in [-0.1, -0.05) is 41.4 Å². The molecular formula is C20H19ClN2O4. The molecule has 0 aliphatic heterocycles. The molecular weight excluding hydrogens is 368 g/mol. The Balaban J connectivity index is 2.15. The van der Waals surface area contributed by atoms with E-state index in [9.17, 15) is 14.4 Å². The third-order valence-corrected chi connectivity index (χ3v) is 3.86. The normalized spacial score (nSPS) is 11.0. The topological polar surface area (TPSA) is 84.8 Å². The summed E-state index contributed by atoms with van der Waals surface area (Å²) in [5.41, 5.74) is 3.88. The van der Waals surface area contributed by atoms with Crippen LogP contribution in [0, 0.1) is 6.92 Å². The van der Waals surface area contributed by atoms with Crippen LogP contribution in [0.3, 0.4) is 0 Å². The molecule has 0 saturated heterocycles. The Morgan fingerprint density at radius 2 is 1.59 bits per heavy atom. The van der Waals surface area contributed by atoms with Gasteiger partial charge >= 0.3 is 5.97 Å². The van der Waals surface area contributed by atoms with Gasteiger partial charge in [0.1, 0.15) is 0 Å². The van der Waals surface area contributed by atoms with Crippen LogP contribution in [0.15, 0.2) is 53.6 Å². The van der Waals surface area contributed by atoms with Crippen LogP contribution in [0.25, 0.3) is 0 Å². The van der Waals surface area contributed by atoms with E-state index in [0.717, 1.165) is 5.56 Å². The van der Waals surface area contributed by atoms with E-state index in [1.165, 1.54) is 12.1 Å². The lowest BCUT2D eigenvalue weighted by molar-refractivity contribution is -0.135. The van der Waals surface area contributed by atoms with Crippen LogP contribution >= 0.6 is 11.6 Å². The molecule has 0 aliphatic rings. The molecule has 0 aromatic heterocycles. The van der Waals surface area contributed by atoms with Crippen molar-refractivity contribution in [1.29, 1.82) is 0 Å². The number of nitrogens with zero attached hydrogens (tertiary/aromatic N) is 1. The minimum Gasteiger partial charge on any atom is -0.461 e. The monoisotopic (exact) mass is 386 g/mol. The fourth-order valence-electron chi connectivity index (χ4n) is 2.15. The number of rotatable bonds is 7. The van der Waals surface area contributed by atoms with Gasteiger partial charge < -0.3 is 4.74 Å². The lowest BCUT2D eigenvalue weighted by Crippen LogP contribution is -2.26. The molecule has 0 fully saturated rings. The number of esters is 1. The molecule has 0 atom stereocenters. The lowest BCUT2D eigenvalue weighted by atomic mass is 10.0. The van der Waals surface area contributed by atoms with E-state index in [2.05, 4.69) is 10.5 Å². The van der Waals surface area contributed by atoms with Crippen molar-refractivity contribution in [3.8, 4) is 0 Å². The maximum Gasteiger partial charge on any atom is 0.354 e. The number of ether oxygens (including phenoxy) is 1. The second-order valence-electron chi connectivity index (χ2n) is 5.69. The molecule has 0 radical (unpaired) electrons. The van der Waals surface area contributed by atoms with Gasteiger partial charge in [-0.3, -0.25) is 9.59 Å². The number of hydrogen-bond acceptors (Lipinski definition) is 5. The summed E-state index contributed by atoms with van der Waals surface area (Å²) in [5.74, 6) is -1.59. The first kappa shape index (κ1) is 20.3. The zero-order chi connectivity index (χ0) is 19.8. The SMILES string of the molecule is CCOC(=O)/C(CC(=O)c1ccc(C)cc1)=N/NC(=O)c1ccc(Cl)cc1. The van der Waals surface area contributed by atoms with E-state index in [0.29, 0.717) is 16.1 Å². The van der Waals surface area contributed by atoms with Crippen LogP contribution in [-0.4, -0.2) is 30.0 Å². The average Bonchev–Trinajstić information content (AvgIpc) is 2.66. The van der Waals surface area contributed by atoms with Gasteiger partial charge in [-0.2, -0.15) is 5.10 Å². The van der Waals surface area contributed by atoms with Gasteiger partial charge in [0.15, 0.2) is 11.5 Å². The molecule has 0 unspecified atom stereocenters. The second kappa shape index (κ2) is 9.64. The van der Waals surface area contributed by atoms with Crippen LogP contribution in [0.4, 0.5) is 0 Å². The molecule has 1 N–H and O–H groups in total. The first-order valence-corrected chi connectivity index (χ1v) is 8.68. The van der Waals surface area contributed by atoms with Crippen molar-refractivity contribution in [3.63, 3.8) is 0 Å². The average molecular weight is 387 g/mol. The van der Waals surface area contributed by atoms with Crippen molar-refractivity contribution in [2.45, 2.75) is 20.3 Å². The van der Waals surface area contributed by atoms with Crippen molar-refractivity contribution >= 4 is 35.0 Å². The van der Waals surface area contributed by atoms with Gasteiger partial charge in [-0.05, 0) is 38.1 Å². The standard InChI is InChI=1S/C20H19ClN2O4/c1-3-27-20(26)17(12-18(24)14-6-4-13(2)5-7-14)22-23-19(25)15-8-10-16(21)11-9-15/h4-11H,3,12H2,1-2H3,(H,23,25)/b22-17+. The smallest absolute Gasteiger partial charge is 0.354 e. The van der Waals surface area contributed by atoms with Crippen molar-refractivity contribution in [2.24, 2.45) is 5.10 Å². The Morgan fingerprint density at radius 1 is 1.00 bits per heavy atom. The van der Waals surface area contributed by atoms with Crippen LogP contribution in [-0.2, 0) is 9.53 Å². The first-order valence-electron chi connectivity index (χ1n) is 8.30. The second-order valence-corrected chi connectivity index (χ2v) is 6.13. The van der Waals surface area contributed by atoms with E-state index >= 15 is 0 Å². The summed E-state index contributed by atoms with van der Waals surface area (Å²) in [7, 11) is 0. The van der Waals surface area contributed by atoms with Crippen LogP contribution in [0.1, 0.15) is 39.6 Å². The number of ketones is 1. The molecule has 2 aromatic carbocycles. The minimum atomic E-state index is -0.755. The number of carbonyl (C=O) groups is 3. The number of nitrogens with one attached hydrogen (secondary N) is 1. The van der Waals surface area contributed by atoms with Crippen LogP contribution < -0.4 is 5.43 Å². The van der Waals surface area contributed by atoms with E-state index < -0.39 is 11.9 Å². The maximum absolute atomic E-state index is 12.4. The summed E-state index contributed by atoms with van der Waals surface area (Å²) < 4.78 is 4.92. The third-order valence-electron chi connectivity index (χ3n) is 3.61. The molecule has 2 aromatic rings. The van der Waals surface area contributed by atoms with Crippen molar-refractivity contribution in [3.05, 3.63) is 70.2 Å². The van der Waals surface area contributed by atoms with Gasteiger partial charge in [0.05, 0.1) is 13.0 Å². The molecule has 0 spiro atoms. The molecule has 2 rings (SSSR count). The van der Waals surface area contributed by atoms with Crippen LogP contribution in [0.2, 0.25) is 5.02 Å². The van der Waals surface area contributed by atoms with Gasteiger partial charge in [0.2, 0.25) is 0 Å². The van der Waals surface area contributed by atoms with Gasteiger partial charge in [0, 0.05) is 16.1 Å². The van der Waals surface area contributed by atoms with Crippen LogP contribution in [0.5, 0.6) is 0 Å². The van der Waals surface area contributed by atoms with Crippen molar-refractivity contribution in [1.82, 2.24) is 5.43 Å². The summed E-state index contributed by atoms with van der Waals surface area (Å²) >= 11 is 5.79. The molecule has 0 bridgehead atoms. The summed E-state index contributed by atoms with van der Waals surface area (Å²) in [6.07, 6.45) is -0.289. The Morgan fingerprint density at radius 3 is 2.19 bits per heavy atom. The third kappa shape index (κ3) is 6.04. The quantitative estimate of drug-likeness (QED) is 0.341. The summed E-state index contributed by atoms with van der Waals surface area (Å²) in [5, 5.41) is 4.30. The van der Waals surface area contributed by atoms with Gasteiger partial charge in [-0.15, -0.1) is 0 Å². The maximum atomic E-state index is 12.4. The Labute approximate surface area is 162 Å². The highest BCUT2D eigenvalue weighted by molar-refractivity contribution is 6.40. The zero-order valence-corrected chi connectivity index (χ0v) is 15.7. The van der Waals surface area contributed by atoms with E-state index in [4.69, 9.17) is 16.3 Å². The molecule has 0 saturated carbocycles. The number of halogens is 1. The number of Topliss-reactive ketones (excluding diaryl/α,β-unsaturated/α-hetero) is 1. The summed E-state index contributed by atoms with van der Waals surface area (Å²) in [6.45, 7) is 3.68. The minimum absolute atomic E-state index is 0.127. The fraction of sp³-hybridized carbons (Fsp3) is 0.200. The first-order chi connectivity index (χ1) is 12.9. The molecule has 0 aliphatic carbocycles.